The summed E-state index contributed by atoms with van der Waals surface area (Å²) in [5.41, 5.74) is 0.971. The van der Waals surface area contributed by atoms with Crippen molar-refractivity contribution in [1.29, 1.82) is 0 Å². The highest BCUT2D eigenvalue weighted by Gasteiger charge is 2.18. The molecule has 0 spiro atoms. The van der Waals surface area contributed by atoms with Gasteiger partial charge in [-0.2, -0.15) is 8.42 Å². The van der Waals surface area contributed by atoms with E-state index < -0.39 is 10.1 Å². The van der Waals surface area contributed by atoms with E-state index in [0.29, 0.717) is 5.75 Å². The molecule has 1 aromatic carbocycles. The van der Waals surface area contributed by atoms with Crippen molar-refractivity contribution in [2.75, 3.05) is 12.9 Å². The molecular weight excluding hydrogens is 228 g/mol. The molecule has 1 saturated heterocycles. The molecule has 1 fully saturated rings. The van der Waals surface area contributed by atoms with Crippen molar-refractivity contribution in [3.63, 3.8) is 0 Å². The van der Waals surface area contributed by atoms with Gasteiger partial charge in [0, 0.05) is 6.61 Å². The predicted molar refractivity (Wildman–Crippen MR) is 59.8 cm³/mol. The standard InChI is InChI=1S/C11H14O4S/c1-16(12,13)15-10-5-2-4-9(8-10)11-6-3-7-14-11/h2,4-5,8,11H,3,6-7H2,1H3. The maximum absolute atomic E-state index is 11.0. The minimum atomic E-state index is -3.46. The number of hydrogen-bond acceptors (Lipinski definition) is 4. The summed E-state index contributed by atoms with van der Waals surface area (Å²) in [6, 6.07) is 7.04. The van der Waals surface area contributed by atoms with Gasteiger partial charge in [0.15, 0.2) is 0 Å². The highest BCUT2D eigenvalue weighted by Crippen LogP contribution is 2.30. The molecule has 1 atom stereocenters. The molecule has 0 amide bonds. The Kier molecular flexibility index (Phi) is 3.16. The van der Waals surface area contributed by atoms with Crippen LogP contribution >= 0.6 is 0 Å². The Morgan fingerprint density at radius 2 is 2.25 bits per heavy atom. The fraction of sp³-hybridized carbons (Fsp3) is 0.455. The lowest BCUT2D eigenvalue weighted by molar-refractivity contribution is 0.112. The summed E-state index contributed by atoms with van der Waals surface area (Å²) in [5, 5.41) is 0. The van der Waals surface area contributed by atoms with Gasteiger partial charge < -0.3 is 8.92 Å². The third-order valence-corrected chi connectivity index (χ3v) is 2.90. The van der Waals surface area contributed by atoms with Crippen LogP contribution in [-0.4, -0.2) is 21.3 Å². The van der Waals surface area contributed by atoms with Crippen LogP contribution in [0.5, 0.6) is 5.75 Å². The zero-order valence-electron chi connectivity index (χ0n) is 9.05. The lowest BCUT2D eigenvalue weighted by atomic mass is 10.1. The van der Waals surface area contributed by atoms with Gasteiger partial charge in [-0.05, 0) is 30.5 Å². The van der Waals surface area contributed by atoms with Gasteiger partial charge in [0.1, 0.15) is 5.75 Å². The fourth-order valence-corrected chi connectivity index (χ4v) is 2.24. The van der Waals surface area contributed by atoms with Gasteiger partial charge in [-0.3, -0.25) is 0 Å². The molecule has 0 saturated carbocycles. The first kappa shape index (κ1) is 11.4. The van der Waals surface area contributed by atoms with E-state index in [4.69, 9.17) is 8.92 Å². The SMILES string of the molecule is CS(=O)(=O)Oc1cccc(C2CCCO2)c1. The summed E-state index contributed by atoms with van der Waals surface area (Å²) >= 11 is 0. The van der Waals surface area contributed by atoms with Crippen LogP contribution in [0.3, 0.4) is 0 Å². The highest BCUT2D eigenvalue weighted by atomic mass is 32.2. The van der Waals surface area contributed by atoms with E-state index in [1.807, 2.05) is 6.07 Å². The van der Waals surface area contributed by atoms with Crippen molar-refractivity contribution < 1.29 is 17.3 Å². The van der Waals surface area contributed by atoms with Crippen molar-refractivity contribution in [3.05, 3.63) is 29.8 Å². The summed E-state index contributed by atoms with van der Waals surface area (Å²) < 4.78 is 32.3. The van der Waals surface area contributed by atoms with Crippen molar-refractivity contribution in [3.8, 4) is 5.75 Å². The maximum Gasteiger partial charge on any atom is 0.306 e. The van der Waals surface area contributed by atoms with Crippen molar-refractivity contribution in [2.45, 2.75) is 18.9 Å². The Balaban J connectivity index is 2.19. The van der Waals surface area contributed by atoms with E-state index in [2.05, 4.69) is 0 Å². The van der Waals surface area contributed by atoms with E-state index in [0.717, 1.165) is 31.3 Å². The molecule has 4 nitrogen and oxygen atoms in total. The molecule has 0 aromatic heterocycles. The summed E-state index contributed by atoms with van der Waals surface area (Å²) in [4.78, 5) is 0. The zero-order valence-corrected chi connectivity index (χ0v) is 9.87. The van der Waals surface area contributed by atoms with Crippen LogP contribution in [0, 0.1) is 0 Å². The largest absolute Gasteiger partial charge is 0.383 e. The molecular formula is C11H14O4S. The highest BCUT2D eigenvalue weighted by molar-refractivity contribution is 7.86. The predicted octanol–water partition coefficient (Wildman–Crippen LogP) is 1.88. The smallest absolute Gasteiger partial charge is 0.306 e. The third kappa shape index (κ3) is 2.96. The molecule has 0 radical (unpaired) electrons. The molecule has 1 aromatic rings. The average Bonchev–Trinajstić information content (AvgIpc) is 2.68. The van der Waals surface area contributed by atoms with Gasteiger partial charge in [-0.1, -0.05) is 12.1 Å². The zero-order chi connectivity index (χ0) is 11.6. The third-order valence-electron chi connectivity index (χ3n) is 2.41. The van der Waals surface area contributed by atoms with E-state index in [1.54, 1.807) is 18.2 Å². The number of rotatable bonds is 3. The molecule has 2 rings (SSSR count). The molecule has 0 bridgehead atoms. The van der Waals surface area contributed by atoms with Gasteiger partial charge in [0.2, 0.25) is 0 Å². The second kappa shape index (κ2) is 4.43. The molecule has 1 heterocycles. The van der Waals surface area contributed by atoms with E-state index in [9.17, 15) is 8.42 Å². The van der Waals surface area contributed by atoms with Gasteiger partial charge in [0.25, 0.3) is 0 Å². The van der Waals surface area contributed by atoms with Crippen LogP contribution in [0.15, 0.2) is 24.3 Å². The van der Waals surface area contributed by atoms with Gasteiger partial charge in [-0.15, -0.1) is 0 Å². The molecule has 0 aliphatic carbocycles. The second-order valence-corrected chi connectivity index (χ2v) is 5.44. The minimum absolute atomic E-state index is 0.0723. The van der Waals surface area contributed by atoms with Gasteiger partial charge in [0.05, 0.1) is 12.4 Å². The molecule has 0 N–H and O–H groups in total. The molecule has 88 valence electrons. The monoisotopic (exact) mass is 242 g/mol. The molecule has 5 heteroatoms. The van der Waals surface area contributed by atoms with Crippen LogP contribution in [0.4, 0.5) is 0 Å². The van der Waals surface area contributed by atoms with Crippen LogP contribution in [0.25, 0.3) is 0 Å². The summed E-state index contributed by atoms with van der Waals surface area (Å²) in [6.45, 7) is 0.766. The van der Waals surface area contributed by atoms with Crippen molar-refractivity contribution >= 4 is 10.1 Å². The first-order valence-corrected chi connectivity index (χ1v) is 6.97. The van der Waals surface area contributed by atoms with Crippen LogP contribution in [0.2, 0.25) is 0 Å². The Bertz CT molecular complexity index is 461. The fourth-order valence-electron chi connectivity index (χ4n) is 1.78. The second-order valence-electron chi connectivity index (χ2n) is 3.86. The number of hydrogen-bond donors (Lipinski definition) is 0. The van der Waals surface area contributed by atoms with Crippen LogP contribution in [-0.2, 0) is 14.9 Å². The molecule has 1 unspecified atom stereocenters. The van der Waals surface area contributed by atoms with Gasteiger partial charge in [-0.25, -0.2) is 0 Å². The van der Waals surface area contributed by atoms with E-state index in [1.165, 1.54) is 0 Å². The van der Waals surface area contributed by atoms with E-state index >= 15 is 0 Å². The van der Waals surface area contributed by atoms with Crippen LogP contribution in [0.1, 0.15) is 24.5 Å². The Labute approximate surface area is 95.3 Å². The number of benzene rings is 1. The Morgan fingerprint density at radius 3 is 2.88 bits per heavy atom. The molecule has 1 aliphatic rings. The quantitative estimate of drug-likeness (QED) is 0.759. The Hall–Kier alpha value is -1.07. The maximum atomic E-state index is 11.0. The van der Waals surface area contributed by atoms with E-state index in [-0.39, 0.29) is 6.10 Å². The van der Waals surface area contributed by atoms with Crippen molar-refractivity contribution in [1.82, 2.24) is 0 Å². The summed E-state index contributed by atoms with van der Waals surface area (Å²) in [7, 11) is -3.46. The van der Waals surface area contributed by atoms with Crippen molar-refractivity contribution in [2.24, 2.45) is 0 Å². The lowest BCUT2D eigenvalue weighted by Gasteiger charge is -2.11. The molecule has 16 heavy (non-hydrogen) atoms. The average molecular weight is 242 g/mol. The molecule has 1 aliphatic heterocycles. The minimum Gasteiger partial charge on any atom is -0.383 e. The number of ether oxygens (including phenoxy) is 1. The van der Waals surface area contributed by atoms with Gasteiger partial charge >= 0.3 is 10.1 Å². The summed E-state index contributed by atoms with van der Waals surface area (Å²) in [5.74, 6) is 0.343. The first-order chi connectivity index (χ1) is 7.54. The first-order valence-electron chi connectivity index (χ1n) is 5.16. The summed E-state index contributed by atoms with van der Waals surface area (Å²) in [6.07, 6.45) is 3.12. The normalized spacial score (nSPS) is 20.9. The lowest BCUT2D eigenvalue weighted by Crippen LogP contribution is -2.06. The Morgan fingerprint density at radius 1 is 1.44 bits per heavy atom. The topological polar surface area (TPSA) is 52.6 Å². The van der Waals surface area contributed by atoms with Crippen LogP contribution < -0.4 is 4.18 Å².